The lowest BCUT2D eigenvalue weighted by molar-refractivity contribution is -0.127. The Labute approximate surface area is 222 Å². The van der Waals surface area contributed by atoms with Crippen LogP contribution in [0.5, 0.6) is 5.75 Å². The van der Waals surface area contributed by atoms with E-state index < -0.39 is 7.14 Å². The molecule has 1 aliphatic rings. The number of carbonyl (C=O) groups excluding carboxylic acids is 1. The quantitative estimate of drug-likeness (QED) is 0.221. The normalized spacial score (nSPS) is 13.5. The third kappa shape index (κ3) is 6.93. The number of benzene rings is 2. The summed E-state index contributed by atoms with van der Waals surface area (Å²) in [6, 6.07) is 13.1. The van der Waals surface area contributed by atoms with Crippen LogP contribution in [0.4, 0.5) is 28.8 Å². The van der Waals surface area contributed by atoms with Gasteiger partial charge in [0.2, 0.25) is 11.9 Å². The zero-order valence-corrected chi connectivity index (χ0v) is 22.9. The fourth-order valence-corrected chi connectivity index (χ4v) is 5.45. The van der Waals surface area contributed by atoms with Gasteiger partial charge in [0.1, 0.15) is 17.9 Å². The summed E-state index contributed by atoms with van der Waals surface area (Å²) in [5.74, 6) is 1.60. The summed E-state index contributed by atoms with van der Waals surface area (Å²) in [4.78, 5) is 22.5. The Morgan fingerprint density at radius 1 is 1.14 bits per heavy atom. The van der Waals surface area contributed by atoms with Gasteiger partial charge in [0, 0.05) is 43.1 Å². The minimum absolute atomic E-state index is 0.250. The number of nitrogens with zero attached hydrogens (tertiary/aromatic N) is 3. The molecule has 1 fully saturated rings. The predicted molar refractivity (Wildman–Crippen MR) is 151 cm³/mol. The van der Waals surface area contributed by atoms with E-state index >= 15 is 0 Å². The van der Waals surface area contributed by atoms with E-state index in [2.05, 4.69) is 25.9 Å². The summed E-state index contributed by atoms with van der Waals surface area (Å²) < 4.78 is 18.3. The summed E-state index contributed by atoms with van der Waals surface area (Å²) in [5.41, 5.74) is 2.29. The van der Waals surface area contributed by atoms with Gasteiger partial charge in [-0.1, -0.05) is 23.7 Å². The molecule has 2 heterocycles. The summed E-state index contributed by atoms with van der Waals surface area (Å²) in [6.07, 6.45) is 4.00. The van der Waals surface area contributed by atoms with Gasteiger partial charge in [0.25, 0.3) is 0 Å². The summed E-state index contributed by atoms with van der Waals surface area (Å²) in [5, 5.41) is 10.8. The molecule has 1 saturated heterocycles. The van der Waals surface area contributed by atoms with Crippen molar-refractivity contribution in [3.8, 4) is 5.75 Å². The Morgan fingerprint density at radius 2 is 1.95 bits per heavy atom. The fraction of sp³-hybridized carbons (Fsp3) is 0.346. The molecule has 3 aromatic rings. The smallest absolute Gasteiger partial charge is 0.229 e. The Hall–Kier alpha value is -3.29. The number of methoxy groups -OCH3 is 1. The number of hydrogen-bond donors (Lipinski definition) is 3. The number of rotatable bonds is 11. The molecule has 11 heteroatoms. The number of nitrogens with one attached hydrogen (secondary N) is 3. The van der Waals surface area contributed by atoms with Crippen LogP contribution in [-0.4, -0.2) is 60.8 Å². The maximum Gasteiger partial charge on any atom is 0.229 e. The number of likely N-dealkylation sites (tertiary alicyclic amines) is 1. The van der Waals surface area contributed by atoms with Crippen LogP contribution < -0.4 is 26.0 Å². The zero-order chi connectivity index (χ0) is 26.4. The molecule has 0 aliphatic carbocycles. The number of anilines is 5. The Kier molecular flexibility index (Phi) is 8.56. The average molecular weight is 543 g/mol. The largest absolute Gasteiger partial charge is 0.494 e. The van der Waals surface area contributed by atoms with Gasteiger partial charge in [-0.3, -0.25) is 4.79 Å². The van der Waals surface area contributed by atoms with Gasteiger partial charge in [-0.2, -0.15) is 4.98 Å². The third-order valence-electron chi connectivity index (χ3n) is 6.03. The van der Waals surface area contributed by atoms with Crippen molar-refractivity contribution in [1.82, 2.24) is 14.9 Å². The second kappa shape index (κ2) is 11.8. The molecule has 1 amide bonds. The summed E-state index contributed by atoms with van der Waals surface area (Å²) >= 11 is 6.37. The molecule has 37 heavy (non-hydrogen) atoms. The Balaban J connectivity index is 1.43. The van der Waals surface area contributed by atoms with Crippen molar-refractivity contribution in [2.75, 3.05) is 56.0 Å². The highest BCUT2D eigenvalue weighted by Crippen LogP contribution is 2.39. The van der Waals surface area contributed by atoms with Gasteiger partial charge >= 0.3 is 0 Å². The number of para-hydroxylation sites is 1. The second-order valence-corrected chi connectivity index (χ2v) is 12.8. The van der Waals surface area contributed by atoms with Crippen LogP contribution in [0, 0.1) is 0 Å². The maximum absolute atomic E-state index is 12.7. The number of carbonyl (C=O) groups is 1. The molecule has 1 aliphatic heterocycles. The van der Waals surface area contributed by atoms with Crippen LogP contribution in [0.3, 0.4) is 0 Å². The molecular formula is C26H32ClN6O3P. The maximum atomic E-state index is 12.7. The minimum atomic E-state index is -2.51. The number of ether oxygens (including phenoxy) is 1. The van der Waals surface area contributed by atoms with Crippen LogP contribution in [0.15, 0.2) is 48.7 Å². The molecule has 4 rings (SSSR count). The number of amides is 1. The van der Waals surface area contributed by atoms with E-state index in [1.807, 2.05) is 47.4 Å². The Bertz CT molecular complexity index is 1320. The molecular weight excluding hydrogens is 511 g/mol. The molecule has 0 atom stereocenters. The zero-order valence-electron chi connectivity index (χ0n) is 21.3. The number of hydrogen-bond acceptors (Lipinski definition) is 8. The lowest BCUT2D eigenvalue weighted by Gasteiger charge is -2.17. The molecule has 9 nitrogen and oxygen atoms in total. The van der Waals surface area contributed by atoms with Crippen molar-refractivity contribution in [2.24, 2.45) is 0 Å². The highest BCUT2D eigenvalue weighted by Gasteiger charge is 2.19. The van der Waals surface area contributed by atoms with Gasteiger partial charge in [0.15, 0.2) is 5.82 Å². The van der Waals surface area contributed by atoms with Crippen LogP contribution in [0.2, 0.25) is 5.02 Å². The summed E-state index contributed by atoms with van der Waals surface area (Å²) in [6.45, 7) is 5.83. The van der Waals surface area contributed by atoms with Gasteiger partial charge in [-0.05, 0) is 50.4 Å². The monoisotopic (exact) mass is 542 g/mol. The molecule has 1 aromatic heterocycles. The molecule has 0 radical (unpaired) electrons. The molecule has 196 valence electrons. The van der Waals surface area contributed by atoms with E-state index in [9.17, 15) is 9.36 Å². The van der Waals surface area contributed by atoms with E-state index in [0.717, 1.165) is 43.5 Å². The van der Waals surface area contributed by atoms with Crippen LogP contribution >= 0.6 is 18.7 Å². The van der Waals surface area contributed by atoms with E-state index in [4.69, 9.17) is 16.3 Å². The SMILES string of the molecule is COc1cc(NCCCN2CCCC2=O)ccc1Nc1ncc(Cl)c(Nc2ccccc2P(C)(C)=O)n1. The highest BCUT2D eigenvalue weighted by molar-refractivity contribution is 7.70. The Morgan fingerprint density at radius 3 is 2.68 bits per heavy atom. The minimum Gasteiger partial charge on any atom is -0.494 e. The lowest BCUT2D eigenvalue weighted by Crippen LogP contribution is -2.26. The fourth-order valence-electron chi connectivity index (χ4n) is 4.16. The summed E-state index contributed by atoms with van der Waals surface area (Å²) in [7, 11) is -0.912. The van der Waals surface area contributed by atoms with E-state index in [1.54, 1.807) is 20.4 Å². The van der Waals surface area contributed by atoms with E-state index in [-0.39, 0.29) is 5.91 Å². The molecule has 2 aromatic carbocycles. The van der Waals surface area contributed by atoms with Crippen molar-refractivity contribution in [3.05, 3.63) is 53.7 Å². The van der Waals surface area contributed by atoms with Crippen molar-refractivity contribution in [2.45, 2.75) is 19.3 Å². The van der Waals surface area contributed by atoms with E-state index in [1.165, 1.54) is 6.20 Å². The van der Waals surface area contributed by atoms with Gasteiger partial charge in [-0.15, -0.1) is 0 Å². The first-order chi connectivity index (χ1) is 17.7. The first-order valence-corrected chi connectivity index (χ1v) is 15.1. The van der Waals surface area contributed by atoms with Crippen LogP contribution in [0.1, 0.15) is 19.3 Å². The number of aromatic nitrogens is 2. The number of halogens is 1. The molecule has 0 unspecified atom stereocenters. The average Bonchev–Trinajstić information content (AvgIpc) is 3.28. The lowest BCUT2D eigenvalue weighted by atomic mass is 10.2. The third-order valence-corrected chi connectivity index (χ3v) is 7.86. The molecule has 0 bridgehead atoms. The first kappa shape index (κ1) is 26.8. The molecule has 0 saturated carbocycles. The topological polar surface area (TPSA) is 108 Å². The standard InChI is InChI=1S/C26H32ClN6O3P/c1-36-22-16-18(28-13-7-15-33-14-6-10-24(33)34)11-12-20(22)31-26-29-17-19(27)25(32-26)30-21-8-4-5-9-23(21)37(2,3)35/h4-5,8-9,11-12,16-17,28H,6-7,10,13-15H2,1-3H3,(H2,29,30,31,32). The van der Waals surface area contributed by atoms with E-state index in [0.29, 0.717) is 40.3 Å². The van der Waals surface area contributed by atoms with Crippen molar-refractivity contribution in [1.29, 1.82) is 0 Å². The van der Waals surface area contributed by atoms with Crippen LogP contribution in [-0.2, 0) is 9.36 Å². The first-order valence-electron chi connectivity index (χ1n) is 12.2. The van der Waals surface area contributed by atoms with Crippen molar-refractivity contribution < 1.29 is 14.1 Å². The van der Waals surface area contributed by atoms with Gasteiger partial charge < -0.3 is 30.2 Å². The second-order valence-electron chi connectivity index (χ2n) is 9.19. The van der Waals surface area contributed by atoms with Crippen LogP contribution in [0.25, 0.3) is 0 Å². The van der Waals surface area contributed by atoms with Gasteiger partial charge in [-0.25, -0.2) is 4.98 Å². The predicted octanol–water partition coefficient (Wildman–Crippen LogP) is 5.30. The highest BCUT2D eigenvalue weighted by atomic mass is 35.5. The van der Waals surface area contributed by atoms with Gasteiger partial charge in [0.05, 0.1) is 24.7 Å². The van der Waals surface area contributed by atoms with Crippen molar-refractivity contribution in [3.63, 3.8) is 0 Å². The molecule has 0 spiro atoms. The molecule has 3 N–H and O–H groups in total. The van der Waals surface area contributed by atoms with Crippen molar-refractivity contribution >= 4 is 58.8 Å².